The Bertz CT molecular complexity index is 544. The summed E-state index contributed by atoms with van der Waals surface area (Å²) in [6, 6.07) is 6.23. The van der Waals surface area contributed by atoms with E-state index in [1.54, 1.807) is 23.9 Å². The number of nitrogens with two attached hydrogens (primary N) is 1. The van der Waals surface area contributed by atoms with Crippen molar-refractivity contribution in [1.29, 1.82) is 0 Å². The van der Waals surface area contributed by atoms with E-state index in [0.29, 0.717) is 5.56 Å². The average molecular weight is 318 g/mol. The van der Waals surface area contributed by atoms with Crippen LogP contribution in [0.1, 0.15) is 19.4 Å². The summed E-state index contributed by atoms with van der Waals surface area (Å²) in [6.07, 6.45) is 0. The van der Waals surface area contributed by atoms with Crippen molar-refractivity contribution in [3.8, 4) is 0 Å². The van der Waals surface area contributed by atoms with Gasteiger partial charge in [0.15, 0.2) is 0 Å². The van der Waals surface area contributed by atoms with Gasteiger partial charge < -0.3 is 5.73 Å². The summed E-state index contributed by atoms with van der Waals surface area (Å²) >= 11 is 6.54. The number of hydrogen-bond acceptors (Lipinski definition) is 4. The molecule has 0 aliphatic carbocycles. The minimum absolute atomic E-state index is 0.122. The lowest BCUT2D eigenvalue weighted by Crippen LogP contribution is -2.34. The number of rotatable bonds is 7. The maximum Gasteiger partial charge on any atom is 0.240 e. The van der Waals surface area contributed by atoms with Crippen LogP contribution >= 0.6 is 24.0 Å². The lowest BCUT2D eigenvalue weighted by molar-refractivity contribution is 0.571. The van der Waals surface area contributed by atoms with Gasteiger partial charge in [-0.1, -0.05) is 31.3 Å². The SMILES string of the molecule is CCSCC(C)NS(=O)(=O)c1cccc(C(N)=S)c1. The molecule has 1 unspecified atom stereocenters. The van der Waals surface area contributed by atoms with Crippen LogP contribution in [0.3, 0.4) is 0 Å². The Morgan fingerprint density at radius 1 is 1.53 bits per heavy atom. The lowest BCUT2D eigenvalue weighted by atomic mass is 10.2. The second-order valence-corrected chi connectivity index (χ2v) is 7.55. The molecule has 1 aromatic carbocycles. The van der Waals surface area contributed by atoms with Crippen molar-refractivity contribution in [3.63, 3.8) is 0 Å². The molecule has 19 heavy (non-hydrogen) atoms. The lowest BCUT2D eigenvalue weighted by Gasteiger charge is -2.14. The molecule has 7 heteroatoms. The Balaban J connectivity index is 2.88. The van der Waals surface area contributed by atoms with Gasteiger partial charge in [-0.15, -0.1) is 0 Å². The van der Waals surface area contributed by atoms with Crippen molar-refractivity contribution in [2.24, 2.45) is 5.73 Å². The van der Waals surface area contributed by atoms with Crippen LogP contribution in [0.15, 0.2) is 29.2 Å². The fraction of sp³-hybridized carbons (Fsp3) is 0.417. The molecular weight excluding hydrogens is 300 g/mol. The quantitative estimate of drug-likeness (QED) is 0.749. The van der Waals surface area contributed by atoms with Crippen molar-refractivity contribution in [2.75, 3.05) is 11.5 Å². The average Bonchev–Trinajstić information content (AvgIpc) is 2.36. The van der Waals surface area contributed by atoms with Gasteiger partial charge >= 0.3 is 0 Å². The third-order valence-electron chi connectivity index (χ3n) is 2.36. The molecule has 0 saturated carbocycles. The first kappa shape index (κ1) is 16.4. The molecular formula is C12H18N2O2S3. The first-order valence-corrected chi connectivity index (χ1v) is 8.91. The van der Waals surface area contributed by atoms with E-state index in [1.165, 1.54) is 12.1 Å². The molecule has 0 aromatic heterocycles. The summed E-state index contributed by atoms with van der Waals surface area (Å²) in [6.45, 7) is 3.88. The van der Waals surface area contributed by atoms with Crippen molar-refractivity contribution >= 4 is 39.0 Å². The number of nitrogens with one attached hydrogen (secondary N) is 1. The molecule has 0 radical (unpaired) electrons. The van der Waals surface area contributed by atoms with Gasteiger partial charge in [0.2, 0.25) is 10.0 Å². The third-order valence-corrected chi connectivity index (χ3v) is 5.32. The molecule has 106 valence electrons. The number of thioether (sulfide) groups is 1. The minimum Gasteiger partial charge on any atom is -0.389 e. The van der Waals surface area contributed by atoms with Crippen LogP contribution < -0.4 is 10.5 Å². The predicted octanol–water partition coefficient (Wildman–Crippen LogP) is 1.74. The summed E-state index contributed by atoms with van der Waals surface area (Å²) in [5.74, 6) is 1.70. The molecule has 0 saturated heterocycles. The van der Waals surface area contributed by atoms with E-state index in [1.807, 2.05) is 13.8 Å². The van der Waals surface area contributed by atoms with Gasteiger partial charge in [0.25, 0.3) is 0 Å². The Labute approximate surface area is 124 Å². The van der Waals surface area contributed by atoms with E-state index in [2.05, 4.69) is 4.72 Å². The van der Waals surface area contributed by atoms with Gasteiger partial charge in [-0.3, -0.25) is 0 Å². The van der Waals surface area contributed by atoms with Crippen LogP contribution in [0.25, 0.3) is 0 Å². The van der Waals surface area contributed by atoms with E-state index in [4.69, 9.17) is 18.0 Å². The van der Waals surface area contributed by atoms with Gasteiger partial charge in [-0.25, -0.2) is 13.1 Å². The molecule has 0 aliphatic heterocycles. The van der Waals surface area contributed by atoms with Crippen LogP contribution in [0.5, 0.6) is 0 Å². The molecule has 3 N–H and O–H groups in total. The highest BCUT2D eigenvalue weighted by Gasteiger charge is 2.17. The number of benzene rings is 1. The Morgan fingerprint density at radius 3 is 2.79 bits per heavy atom. The zero-order chi connectivity index (χ0) is 14.5. The van der Waals surface area contributed by atoms with Gasteiger partial charge in [0.05, 0.1) is 4.90 Å². The van der Waals surface area contributed by atoms with E-state index in [-0.39, 0.29) is 15.9 Å². The van der Waals surface area contributed by atoms with Crippen molar-refractivity contribution in [3.05, 3.63) is 29.8 Å². The molecule has 0 fully saturated rings. The molecule has 4 nitrogen and oxygen atoms in total. The monoisotopic (exact) mass is 318 g/mol. The maximum absolute atomic E-state index is 12.2. The van der Waals surface area contributed by atoms with E-state index in [9.17, 15) is 8.42 Å². The largest absolute Gasteiger partial charge is 0.389 e. The smallest absolute Gasteiger partial charge is 0.240 e. The summed E-state index contributed by atoms with van der Waals surface area (Å²) in [4.78, 5) is 0.373. The molecule has 0 heterocycles. The highest BCUT2D eigenvalue weighted by molar-refractivity contribution is 7.99. The van der Waals surface area contributed by atoms with Crippen LogP contribution in [-0.4, -0.2) is 31.0 Å². The van der Waals surface area contributed by atoms with Gasteiger partial charge in [0.1, 0.15) is 4.99 Å². The van der Waals surface area contributed by atoms with Gasteiger partial charge in [-0.2, -0.15) is 11.8 Å². The Morgan fingerprint density at radius 2 is 2.21 bits per heavy atom. The van der Waals surface area contributed by atoms with E-state index < -0.39 is 10.0 Å². The van der Waals surface area contributed by atoms with Crippen LogP contribution in [0.2, 0.25) is 0 Å². The summed E-state index contributed by atoms with van der Waals surface area (Å²) in [7, 11) is -3.52. The summed E-state index contributed by atoms with van der Waals surface area (Å²) < 4.78 is 27.0. The normalized spacial score (nSPS) is 13.2. The fourth-order valence-electron chi connectivity index (χ4n) is 1.48. The standard InChI is InChI=1S/C12H18N2O2S3/c1-3-18-8-9(2)14-19(15,16)11-6-4-5-10(7-11)12(13)17/h4-7,9,14H,3,8H2,1-2H3,(H2,13,17). The highest BCUT2D eigenvalue weighted by atomic mass is 32.2. The number of sulfonamides is 1. The molecule has 1 atom stereocenters. The second kappa shape index (κ2) is 7.23. The predicted molar refractivity (Wildman–Crippen MR) is 85.1 cm³/mol. The topological polar surface area (TPSA) is 72.2 Å². The molecule has 1 aromatic rings. The zero-order valence-corrected chi connectivity index (χ0v) is 13.4. The van der Waals surface area contributed by atoms with Gasteiger partial charge in [0, 0.05) is 17.4 Å². The van der Waals surface area contributed by atoms with Crippen molar-refractivity contribution < 1.29 is 8.42 Å². The maximum atomic E-state index is 12.2. The Hall–Kier alpha value is -0.630. The fourth-order valence-corrected chi connectivity index (χ4v) is 3.67. The second-order valence-electron chi connectivity index (χ2n) is 4.07. The molecule has 0 aliphatic rings. The van der Waals surface area contributed by atoms with E-state index >= 15 is 0 Å². The Kier molecular flexibility index (Phi) is 6.25. The highest BCUT2D eigenvalue weighted by Crippen LogP contribution is 2.13. The third kappa shape index (κ3) is 5.10. The minimum atomic E-state index is -3.52. The van der Waals surface area contributed by atoms with Crippen molar-refractivity contribution in [2.45, 2.75) is 24.8 Å². The van der Waals surface area contributed by atoms with Crippen LogP contribution in [0, 0.1) is 0 Å². The van der Waals surface area contributed by atoms with Crippen LogP contribution in [0.4, 0.5) is 0 Å². The molecule has 0 bridgehead atoms. The van der Waals surface area contributed by atoms with Gasteiger partial charge in [-0.05, 0) is 24.8 Å². The summed E-state index contributed by atoms with van der Waals surface area (Å²) in [5.41, 5.74) is 6.06. The van der Waals surface area contributed by atoms with Crippen LogP contribution in [-0.2, 0) is 10.0 Å². The van der Waals surface area contributed by atoms with Crippen molar-refractivity contribution in [1.82, 2.24) is 4.72 Å². The molecule has 0 amide bonds. The first-order chi connectivity index (χ1) is 8.86. The number of hydrogen-bond donors (Lipinski definition) is 2. The summed E-state index contributed by atoms with van der Waals surface area (Å²) in [5, 5.41) is 0. The molecule has 1 rings (SSSR count). The molecule has 0 spiro atoms. The first-order valence-electron chi connectivity index (χ1n) is 5.86. The zero-order valence-electron chi connectivity index (χ0n) is 10.9. The number of thiocarbonyl (C=S) groups is 1. The van der Waals surface area contributed by atoms with E-state index in [0.717, 1.165) is 11.5 Å².